The third-order valence-electron chi connectivity index (χ3n) is 3.45. The maximum atomic E-state index is 12.0. The van der Waals surface area contributed by atoms with E-state index in [2.05, 4.69) is 0 Å². The number of ether oxygens (including phenoxy) is 2. The Balaban J connectivity index is 2.04. The van der Waals surface area contributed by atoms with Gasteiger partial charge in [-0.15, -0.1) is 0 Å². The second-order valence-electron chi connectivity index (χ2n) is 4.89. The lowest BCUT2D eigenvalue weighted by Gasteiger charge is -2.16. The molecule has 2 unspecified atom stereocenters. The summed E-state index contributed by atoms with van der Waals surface area (Å²) in [7, 11) is 1.66. The van der Waals surface area contributed by atoms with Crippen LogP contribution >= 0.6 is 11.8 Å². The minimum absolute atomic E-state index is 0.0442. The second kappa shape index (κ2) is 6.33. The Morgan fingerprint density at radius 3 is 3.00 bits per heavy atom. The van der Waals surface area contributed by atoms with E-state index in [-0.39, 0.29) is 18.0 Å². The highest BCUT2D eigenvalue weighted by Crippen LogP contribution is 2.36. The van der Waals surface area contributed by atoms with Gasteiger partial charge in [0.2, 0.25) is 0 Å². The third kappa shape index (κ3) is 3.24. The van der Waals surface area contributed by atoms with Gasteiger partial charge < -0.3 is 9.47 Å². The average molecular weight is 280 g/mol. The monoisotopic (exact) mass is 280 g/mol. The Morgan fingerprint density at radius 2 is 2.32 bits per heavy atom. The van der Waals surface area contributed by atoms with Crippen LogP contribution in [0.1, 0.15) is 30.6 Å². The van der Waals surface area contributed by atoms with Crippen LogP contribution in [0.25, 0.3) is 0 Å². The Hall–Kier alpha value is -1.16. The van der Waals surface area contributed by atoms with Crippen LogP contribution in [-0.4, -0.2) is 25.1 Å². The van der Waals surface area contributed by atoms with Crippen molar-refractivity contribution < 1.29 is 14.3 Å². The molecule has 3 nitrogen and oxygen atoms in total. The number of thioether (sulfide) groups is 1. The van der Waals surface area contributed by atoms with Crippen molar-refractivity contribution in [2.24, 2.45) is 5.92 Å². The fourth-order valence-electron chi connectivity index (χ4n) is 2.38. The molecular formula is C15H20O3S. The summed E-state index contributed by atoms with van der Waals surface area (Å²) in [6.07, 6.45) is 3.74. The standard InChI is InChI=1S/C15H20O3S/c1-10(9-19-3)15(16)18-14-7-4-11-8-12(17-2)5-6-13(11)14/h5-6,8,10,14H,4,7,9H2,1-3H3. The van der Waals surface area contributed by atoms with Crippen molar-refractivity contribution in [3.63, 3.8) is 0 Å². The van der Waals surface area contributed by atoms with E-state index < -0.39 is 0 Å². The van der Waals surface area contributed by atoms with E-state index in [1.807, 2.05) is 31.4 Å². The van der Waals surface area contributed by atoms with Crippen LogP contribution in [0.3, 0.4) is 0 Å². The van der Waals surface area contributed by atoms with E-state index >= 15 is 0 Å². The zero-order valence-corrected chi connectivity index (χ0v) is 12.5. The van der Waals surface area contributed by atoms with Crippen LogP contribution in [-0.2, 0) is 16.0 Å². The van der Waals surface area contributed by atoms with E-state index in [9.17, 15) is 4.79 Å². The Morgan fingerprint density at radius 1 is 1.53 bits per heavy atom. The molecule has 4 heteroatoms. The molecule has 1 aliphatic carbocycles. The summed E-state index contributed by atoms with van der Waals surface area (Å²) in [5.41, 5.74) is 2.36. The van der Waals surface area contributed by atoms with E-state index in [1.165, 1.54) is 5.56 Å². The predicted molar refractivity (Wildman–Crippen MR) is 77.7 cm³/mol. The summed E-state index contributed by atoms with van der Waals surface area (Å²) in [6.45, 7) is 1.92. The molecule has 1 aromatic rings. The van der Waals surface area contributed by atoms with Crippen LogP contribution in [0.5, 0.6) is 5.75 Å². The fraction of sp³-hybridized carbons (Fsp3) is 0.533. The SMILES string of the molecule is COc1ccc2c(c1)CCC2OC(=O)C(C)CSC. The smallest absolute Gasteiger partial charge is 0.310 e. The van der Waals surface area contributed by atoms with Gasteiger partial charge in [0.15, 0.2) is 0 Å². The zero-order chi connectivity index (χ0) is 13.8. The van der Waals surface area contributed by atoms with Gasteiger partial charge in [-0.05, 0) is 42.4 Å². The number of fused-ring (bicyclic) bond motifs is 1. The van der Waals surface area contributed by atoms with E-state index in [0.29, 0.717) is 0 Å². The number of benzene rings is 1. The number of hydrogen-bond donors (Lipinski definition) is 0. The summed E-state index contributed by atoms with van der Waals surface area (Å²) >= 11 is 1.67. The highest BCUT2D eigenvalue weighted by Gasteiger charge is 2.27. The summed E-state index contributed by atoms with van der Waals surface area (Å²) in [6, 6.07) is 5.98. The van der Waals surface area contributed by atoms with Crippen LogP contribution in [0, 0.1) is 5.92 Å². The molecule has 0 saturated carbocycles. The topological polar surface area (TPSA) is 35.5 Å². The van der Waals surface area contributed by atoms with Crippen molar-refractivity contribution in [2.75, 3.05) is 19.1 Å². The summed E-state index contributed by atoms with van der Waals surface area (Å²) < 4.78 is 10.8. The number of carbonyl (C=O) groups excluding carboxylic acids is 1. The van der Waals surface area contributed by atoms with Crippen LogP contribution < -0.4 is 4.74 Å². The number of rotatable bonds is 5. The molecule has 0 fully saturated rings. The zero-order valence-electron chi connectivity index (χ0n) is 11.6. The lowest BCUT2D eigenvalue weighted by atomic mass is 10.1. The molecule has 19 heavy (non-hydrogen) atoms. The molecule has 0 aliphatic heterocycles. The number of esters is 1. The molecule has 0 spiro atoms. The van der Waals surface area contributed by atoms with Crippen molar-refractivity contribution in [1.82, 2.24) is 0 Å². The van der Waals surface area contributed by atoms with E-state index in [4.69, 9.17) is 9.47 Å². The molecule has 0 bridgehead atoms. The second-order valence-corrected chi connectivity index (χ2v) is 5.80. The van der Waals surface area contributed by atoms with Crippen molar-refractivity contribution in [2.45, 2.75) is 25.9 Å². The largest absolute Gasteiger partial charge is 0.497 e. The molecular weight excluding hydrogens is 260 g/mol. The first-order valence-electron chi connectivity index (χ1n) is 6.52. The normalized spacial score (nSPS) is 18.8. The fourth-order valence-corrected chi connectivity index (χ4v) is 3.01. The summed E-state index contributed by atoms with van der Waals surface area (Å²) in [5.74, 6) is 1.53. The maximum absolute atomic E-state index is 12.0. The maximum Gasteiger partial charge on any atom is 0.310 e. The Bertz CT molecular complexity index is 459. The molecule has 0 N–H and O–H groups in total. The van der Waals surface area contributed by atoms with Crippen molar-refractivity contribution in [1.29, 1.82) is 0 Å². The minimum atomic E-state index is -0.0944. The molecule has 2 rings (SSSR count). The van der Waals surface area contributed by atoms with Crippen molar-refractivity contribution in [3.8, 4) is 5.75 Å². The first kappa shape index (κ1) is 14.3. The van der Waals surface area contributed by atoms with Crippen LogP contribution in [0.2, 0.25) is 0 Å². The number of aryl methyl sites for hydroxylation is 1. The van der Waals surface area contributed by atoms with E-state index in [1.54, 1.807) is 18.9 Å². The Kier molecular flexibility index (Phi) is 4.75. The predicted octanol–water partition coefficient (Wildman–Crippen LogP) is 3.22. The Labute approximate surface area is 118 Å². The third-order valence-corrected chi connectivity index (χ3v) is 4.28. The summed E-state index contributed by atoms with van der Waals surface area (Å²) in [5, 5.41) is 0. The van der Waals surface area contributed by atoms with Crippen molar-refractivity contribution >= 4 is 17.7 Å². The quantitative estimate of drug-likeness (QED) is 0.776. The minimum Gasteiger partial charge on any atom is -0.497 e. The average Bonchev–Trinajstić information content (AvgIpc) is 2.81. The molecule has 104 valence electrons. The van der Waals surface area contributed by atoms with Gasteiger partial charge >= 0.3 is 5.97 Å². The van der Waals surface area contributed by atoms with Gasteiger partial charge in [-0.3, -0.25) is 4.79 Å². The lowest BCUT2D eigenvalue weighted by Crippen LogP contribution is -2.18. The molecule has 2 atom stereocenters. The van der Waals surface area contributed by atoms with Gasteiger partial charge in [-0.2, -0.15) is 11.8 Å². The molecule has 0 heterocycles. The molecule has 0 aromatic heterocycles. The van der Waals surface area contributed by atoms with Gasteiger partial charge in [-0.1, -0.05) is 13.0 Å². The first-order chi connectivity index (χ1) is 9.15. The van der Waals surface area contributed by atoms with E-state index in [0.717, 1.165) is 29.9 Å². The highest BCUT2D eigenvalue weighted by molar-refractivity contribution is 7.98. The number of hydrogen-bond acceptors (Lipinski definition) is 4. The summed E-state index contributed by atoms with van der Waals surface area (Å²) in [4.78, 5) is 12.0. The van der Waals surface area contributed by atoms with Gasteiger partial charge in [0.25, 0.3) is 0 Å². The molecule has 1 aliphatic rings. The lowest BCUT2D eigenvalue weighted by molar-refractivity contribution is -0.153. The molecule has 0 amide bonds. The highest BCUT2D eigenvalue weighted by atomic mass is 32.2. The van der Waals surface area contributed by atoms with Gasteiger partial charge in [-0.25, -0.2) is 0 Å². The van der Waals surface area contributed by atoms with Gasteiger partial charge in [0, 0.05) is 5.75 Å². The number of methoxy groups -OCH3 is 1. The molecule has 1 aromatic carbocycles. The molecule has 0 saturated heterocycles. The van der Waals surface area contributed by atoms with Crippen LogP contribution in [0.15, 0.2) is 18.2 Å². The van der Waals surface area contributed by atoms with Crippen LogP contribution in [0.4, 0.5) is 0 Å². The van der Waals surface area contributed by atoms with Crippen molar-refractivity contribution in [3.05, 3.63) is 29.3 Å². The first-order valence-corrected chi connectivity index (χ1v) is 7.91. The number of carbonyl (C=O) groups is 1. The molecule has 0 radical (unpaired) electrons. The van der Waals surface area contributed by atoms with Gasteiger partial charge in [0.1, 0.15) is 11.9 Å². The van der Waals surface area contributed by atoms with Gasteiger partial charge in [0.05, 0.1) is 13.0 Å².